The van der Waals surface area contributed by atoms with Crippen LogP contribution >= 0.6 is 15.9 Å². The Labute approximate surface area is 153 Å². The van der Waals surface area contributed by atoms with Crippen molar-refractivity contribution in [2.75, 3.05) is 5.32 Å². The van der Waals surface area contributed by atoms with Gasteiger partial charge < -0.3 is 15.0 Å². The summed E-state index contributed by atoms with van der Waals surface area (Å²) < 4.78 is 3.07. The average Bonchev–Trinajstić information content (AvgIpc) is 3.35. The summed E-state index contributed by atoms with van der Waals surface area (Å²) in [6.45, 7) is 2.06. The molecule has 2 aromatic heterocycles. The lowest BCUT2D eigenvalue weighted by atomic mass is 10.1. The Hall–Kier alpha value is -2.34. The van der Waals surface area contributed by atoms with Crippen LogP contribution in [0.25, 0.3) is 10.9 Å². The van der Waals surface area contributed by atoms with Crippen LogP contribution in [0.4, 0.5) is 11.5 Å². The van der Waals surface area contributed by atoms with Crippen molar-refractivity contribution in [2.24, 2.45) is 7.05 Å². The lowest BCUT2D eigenvalue weighted by Gasteiger charge is -2.11. The second kappa shape index (κ2) is 5.88. The number of carboxylic acids is 1. The maximum atomic E-state index is 11.6. The Morgan fingerprint density at radius 1 is 1.32 bits per heavy atom. The number of pyridine rings is 1. The zero-order valence-electron chi connectivity index (χ0n) is 14.0. The van der Waals surface area contributed by atoms with Crippen molar-refractivity contribution >= 4 is 44.3 Å². The lowest BCUT2D eigenvalue weighted by Crippen LogP contribution is -2.06. The topological polar surface area (TPSA) is 67.2 Å². The Morgan fingerprint density at radius 3 is 2.76 bits per heavy atom. The molecule has 0 atom stereocenters. The fourth-order valence-corrected chi connectivity index (χ4v) is 3.92. The van der Waals surface area contributed by atoms with E-state index in [1.165, 1.54) is 0 Å². The van der Waals surface area contributed by atoms with Crippen LogP contribution in [0.1, 0.15) is 40.4 Å². The van der Waals surface area contributed by atoms with Gasteiger partial charge in [0.1, 0.15) is 11.4 Å². The first-order valence-corrected chi connectivity index (χ1v) is 8.99. The van der Waals surface area contributed by atoms with Crippen molar-refractivity contribution in [1.29, 1.82) is 0 Å². The molecule has 1 aliphatic rings. The number of fused-ring (bicyclic) bond motifs is 1. The number of hydrogen-bond donors (Lipinski definition) is 2. The van der Waals surface area contributed by atoms with E-state index in [0.29, 0.717) is 11.7 Å². The third-order valence-electron chi connectivity index (χ3n) is 4.77. The maximum Gasteiger partial charge on any atom is 0.339 e. The van der Waals surface area contributed by atoms with Crippen molar-refractivity contribution in [3.05, 3.63) is 51.8 Å². The van der Waals surface area contributed by atoms with Gasteiger partial charge in [-0.15, -0.1) is 0 Å². The first-order chi connectivity index (χ1) is 11.9. The Bertz CT molecular complexity index is 1010. The van der Waals surface area contributed by atoms with Crippen molar-refractivity contribution in [3.8, 4) is 0 Å². The predicted octanol–water partition coefficient (Wildman–Crippen LogP) is 4.96. The summed E-state index contributed by atoms with van der Waals surface area (Å²) in [5.41, 5.74) is 4.30. The second-order valence-corrected chi connectivity index (χ2v) is 7.46. The van der Waals surface area contributed by atoms with Gasteiger partial charge >= 0.3 is 5.97 Å². The number of aromatic carboxylic acids is 1. The minimum atomic E-state index is -0.965. The molecule has 6 heteroatoms. The summed E-state index contributed by atoms with van der Waals surface area (Å²) >= 11 is 3.61. The molecule has 2 heterocycles. The zero-order chi connectivity index (χ0) is 17.7. The molecule has 0 saturated heterocycles. The highest BCUT2D eigenvalue weighted by molar-refractivity contribution is 9.10. The number of aryl methyl sites for hydroxylation is 2. The quantitative estimate of drug-likeness (QED) is 0.650. The van der Waals surface area contributed by atoms with Crippen LogP contribution in [-0.4, -0.2) is 20.6 Å². The van der Waals surface area contributed by atoms with Crippen molar-refractivity contribution < 1.29 is 9.90 Å². The van der Waals surface area contributed by atoms with Crippen LogP contribution in [0.3, 0.4) is 0 Å². The van der Waals surface area contributed by atoms with E-state index < -0.39 is 5.97 Å². The molecular weight excluding hydrogens is 382 g/mol. The molecule has 4 rings (SSSR count). The highest BCUT2D eigenvalue weighted by Gasteiger charge is 2.26. The molecule has 2 N–H and O–H groups in total. The standard InChI is InChI=1S/C19H18BrN3O2/c1-10-5-12-6-14(8-16(20)17(12)23(10)2)22-18-15(19(24)25)7-13(9-21-18)11-3-4-11/h5-9,11H,3-4H2,1-2H3,(H,21,22)(H,24,25). The van der Waals surface area contributed by atoms with Gasteiger partial charge in [0.15, 0.2) is 0 Å². The van der Waals surface area contributed by atoms with E-state index >= 15 is 0 Å². The summed E-state index contributed by atoms with van der Waals surface area (Å²) in [5.74, 6) is -0.124. The van der Waals surface area contributed by atoms with Gasteiger partial charge in [-0.25, -0.2) is 9.78 Å². The van der Waals surface area contributed by atoms with Crippen LogP contribution < -0.4 is 5.32 Å². The van der Waals surface area contributed by atoms with Crippen molar-refractivity contribution in [2.45, 2.75) is 25.7 Å². The molecule has 0 bridgehead atoms. The van der Waals surface area contributed by atoms with E-state index in [1.54, 1.807) is 12.3 Å². The highest BCUT2D eigenvalue weighted by atomic mass is 79.9. The number of anilines is 2. The average molecular weight is 400 g/mol. The van der Waals surface area contributed by atoms with Gasteiger partial charge in [-0.05, 0) is 71.4 Å². The lowest BCUT2D eigenvalue weighted by molar-refractivity contribution is 0.0697. The number of rotatable bonds is 4. The van der Waals surface area contributed by atoms with E-state index in [0.717, 1.165) is 45.2 Å². The minimum absolute atomic E-state index is 0.213. The predicted molar refractivity (Wildman–Crippen MR) is 102 cm³/mol. The van der Waals surface area contributed by atoms with E-state index in [9.17, 15) is 9.90 Å². The van der Waals surface area contributed by atoms with E-state index in [-0.39, 0.29) is 5.56 Å². The van der Waals surface area contributed by atoms with Crippen LogP contribution in [0.2, 0.25) is 0 Å². The Balaban J connectivity index is 1.74. The molecule has 25 heavy (non-hydrogen) atoms. The molecule has 1 aliphatic carbocycles. The molecule has 3 aromatic rings. The van der Waals surface area contributed by atoms with Crippen LogP contribution in [0.5, 0.6) is 0 Å². The van der Waals surface area contributed by atoms with Gasteiger partial charge in [0.2, 0.25) is 0 Å². The number of nitrogens with zero attached hydrogens (tertiary/aromatic N) is 2. The smallest absolute Gasteiger partial charge is 0.339 e. The van der Waals surface area contributed by atoms with Gasteiger partial charge in [0.25, 0.3) is 0 Å². The summed E-state index contributed by atoms with van der Waals surface area (Å²) in [6.07, 6.45) is 4.02. The Kier molecular flexibility index (Phi) is 3.80. The second-order valence-electron chi connectivity index (χ2n) is 6.61. The van der Waals surface area contributed by atoms with Crippen LogP contribution in [0.15, 0.2) is 34.9 Å². The minimum Gasteiger partial charge on any atom is -0.478 e. The monoisotopic (exact) mass is 399 g/mol. The number of halogens is 1. The molecule has 1 aromatic carbocycles. The molecular formula is C19H18BrN3O2. The zero-order valence-corrected chi connectivity index (χ0v) is 15.6. The fraction of sp³-hybridized carbons (Fsp3) is 0.263. The summed E-state index contributed by atoms with van der Waals surface area (Å²) in [4.78, 5) is 16.0. The van der Waals surface area contributed by atoms with E-state index in [2.05, 4.69) is 43.8 Å². The number of nitrogens with one attached hydrogen (secondary N) is 1. The normalized spacial score (nSPS) is 14.0. The van der Waals surface area contributed by atoms with Gasteiger partial charge in [0.05, 0.1) is 5.52 Å². The number of hydrogen-bond acceptors (Lipinski definition) is 3. The van der Waals surface area contributed by atoms with Crippen LogP contribution in [-0.2, 0) is 7.05 Å². The highest BCUT2D eigenvalue weighted by Crippen LogP contribution is 2.40. The molecule has 1 fully saturated rings. The SMILES string of the molecule is Cc1cc2cc(Nc3ncc(C4CC4)cc3C(=O)O)cc(Br)c2n1C. The van der Waals surface area contributed by atoms with Crippen molar-refractivity contribution in [3.63, 3.8) is 0 Å². The molecule has 0 radical (unpaired) electrons. The summed E-state index contributed by atoms with van der Waals surface area (Å²) in [7, 11) is 2.02. The Morgan fingerprint density at radius 2 is 2.08 bits per heavy atom. The summed E-state index contributed by atoms with van der Waals surface area (Å²) in [5, 5.41) is 13.8. The molecule has 0 aliphatic heterocycles. The first-order valence-electron chi connectivity index (χ1n) is 8.20. The number of aromatic nitrogens is 2. The van der Waals surface area contributed by atoms with Gasteiger partial charge in [0, 0.05) is 34.5 Å². The van der Waals surface area contributed by atoms with Gasteiger partial charge in [-0.1, -0.05) is 0 Å². The number of carboxylic acid groups (broad SMARTS) is 1. The van der Waals surface area contributed by atoms with E-state index in [1.807, 2.05) is 19.2 Å². The molecule has 0 amide bonds. The third kappa shape index (κ3) is 2.91. The molecule has 128 valence electrons. The molecule has 1 saturated carbocycles. The van der Waals surface area contributed by atoms with Crippen molar-refractivity contribution in [1.82, 2.24) is 9.55 Å². The molecule has 0 unspecified atom stereocenters. The van der Waals surface area contributed by atoms with Crippen LogP contribution in [0, 0.1) is 6.92 Å². The third-order valence-corrected chi connectivity index (χ3v) is 5.38. The number of benzene rings is 1. The maximum absolute atomic E-state index is 11.6. The molecule has 5 nitrogen and oxygen atoms in total. The largest absolute Gasteiger partial charge is 0.478 e. The number of carbonyl (C=O) groups is 1. The van der Waals surface area contributed by atoms with E-state index in [4.69, 9.17) is 0 Å². The van der Waals surface area contributed by atoms with Gasteiger partial charge in [-0.3, -0.25) is 0 Å². The fourth-order valence-electron chi connectivity index (χ4n) is 3.17. The molecule has 0 spiro atoms. The van der Waals surface area contributed by atoms with Gasteiger partial charge in [-0.2, -0.15) is 0 Å². The first kappa shape index (κ1) is 16.1. The summed E-state index contributed by atoms with van der Waals surface area (Å²) in [6, 6.07) is 7.81.